The van der Waals surface area contributed by atoms with Crippen LogP contribution in [0.15, 0.2) is 77.9 Å². The number of nitrogens with one attached hydrogen (secondary N) is 1. The Morgan fingerprint density at radius 2 is 1.42 bits per heavy atom. The van der Waals surface area contributed by atoms with Crippen LogP contribution in [0.3, 0.4) is 0 Å². The van der Waals surface area contributed by atoms with Crippen LogP contribution in [0.4, 0.5) is 0 Å². The Bertz CT molecular complexity index is 1140. The molecule has 0 saturated carbocycles. The lowest BCUT2D eigenvalue weighted by Crippen LogP contribution is -2.25. The lowest BCUT2D eigenvalue weighted by atomic mass is 9.72. The summed E-state index contributed by atoms with van der Waals surface area (Å²) in [4.78, 5) is 12.1. The van der Waals surface area contributed by atoms with E-state index in [-0.39, 0.29) is 23.3 Å². The summed E-state index contributed by atoms with van der Waals surface area (Å²) in [5, 5.41) is 4.02. The second kappa shape index (κ2) is 11.9. The molecule has 0 aromatic heterocycles. The number of hydrogen-bond acceptors (Lipinski definition) is 4. The number of hydrogen-bond donors (Lipinski definition) is 1. The minimum absolute atomic E-state index is 0.0638. The van der Waals surface area contributed by atoms with Gasteiger partial charge in [-0.3, -0.25) is 4.79 Å². The second-order valence-corrected chi connectivity index (χ2v) is 11.1. The van der Waals surface area contributed by atoms with Gasteiger partial charge in [0, 0.05) is 0 Å². The molecule has 3 rings (SSSR count). The predicted octanol–water partition coefficient (Wildman–Crippen LogP) is 6.82. The maximum absolute atomic E-state index is 12.1. The summed E-state index contributed by atoms with van der Waals surface area (Å²) in [6.45, 7) is 13.8. The highest BCUT2D eigenvalue weighted by Crippen LogP contribution is 2.36. The topological polar surface area (TPSA) is 59.9 Å². The molecule has 0 unspecified atom stereocenters. The molecule has 0 heterocycles. The molecule has 5 heteroatoms. The fourth-order valence-electron chi connectivity index (χ4n) is 4.29. The van der Waals surface area contributed by atoms with E-state index in [1.54, 1.807) is 6.21 Å². The third kappa shape index (κ3) is 8.88. The Balaban J connectivity index is 1.41. The number of carbonyl (C=O) groups excluding carboxylic acids is 1. The normalized spacial score (nSPS) is 11.9. The van der Waals surface area contributed by atoms with E-state index in [0.717, 1.165) is 23.3 Å². The third-order valence-corrected chi connectivity index (χ3v) is 5.79. The Labute approximate surface area is 215 Å². The summed E-state index contributed by atoms with van der Waals surface area (Å²) in [7, 11) is 0. The van der Waals surface area contributed by atoms with Gasteiger partial charge in [0.05, 0.1) is 6.21 Å². The van der Waals surface area contributed by atoms with Crippen molar-refractivity contribution < 1.29 is 14.3 Å². The van der Waals surface area contributed by atoms with Gasteiger partial charge in [-0.15, -0.1) is 0 Å². The van der Waals surface area contributed by atoms with E-state index in [1.807, 2.05) is 36.4 Å². The van der Waals surface area contributed by atoms with E-state index in [1.165, 1.54) is 11.1 Å². The fourth-order valence-corrected chi connectivity index (χ4v) is 4.29. The molecule has 0 bridgehead atoms. The molecule has 0 aliphatic rings. The van der Waals surface area contributed by atoms with Crippen molar-refractivity contribution in [3.8, 4) is 11.5 Å². The van der Waals surface area contributed by atoms with Crippen molar-refractivity contribution in [2.45, 2.75) is 60.0 Å². The average Bonchev–Trinajstić information content (AvgIpc) is 2.82. The number of amides is 1. The maximum atomic E-state index is 12.1. The highest BCUT2D eigenvalue weighted by Gasteiger charge is 2.27. The molecule has 0 spiro atoms. The van der Waals surface area contributed by atoms with Crippen LogP contribution >= 0.6 is 0 Å². The largest absolute Gasteiger partial charge is 0.489 e. The minimum atomic E-state index is -0.318. The molecule has 190 valence electrons. The van der Waals surface area contributed by atoms with Crippen LogP contribution < -0.4 is 14.9 Å². The van der Waals surface area contributed by atoms with E-state index in [4.69, 9.17) is 9.47 Å². The zero-order chi connectivity index (χ0) is 26.2. The summed E-state index contributed by atoms with van der Waals surface area (Å²) in [5.41, 5.74) is 7.27. The van der Waals surface area contributed by atoms with Crippen LogP contribution in [-0.2, 0) is 16.8 Å². The van der Waals surface area contributed by atoms with Gasteiger partial charge in [0.15, 0.2) is 6.61 Å². The SMILES string of the molecule is Cc1ccc(COc2ccc(/C=N/NC(=O)COc3ccc(C(C)(C)CC(C)(C)C)cc3)cc2)cc1. The Morgan fingerprint density at radius 1 is 0.833 bits per heavy atom. The van der Waals surface area contributed by atoms with Gasteiger partial charge in [0.1, 0.15) is 18.1 Å². The summed E-state index contributed by atoms with van der Waals surface area (Å²) in [5.74, 6) is 1.12. The quantitative estimate of drug-likeness (QED) is 0.253. The summed E-state index contributed by atoms with van der Waals surface area (Å²) < 4.78 is 11.4. The molecule has 3 aromatic rings. The lowest BCUT2D eigenvalue weighted by molar-refractivity contribution is -0.123. The second-order valence-electron chi connectivity index (χ2n) is 11.1. The molecule has 3 aromatic carbocycles. The fraction of sp³-hybridized carbons (Fsp3) is 0.355. The molecule has 0 atom stereocenters. The number of rotatable bonds is 10. The van der Waals surface area contributed by atoms with Gasteiger partial charge in [0.2, 0.25) is 0 Å². The van der Waals surface area contributed by atoms with Gasteiger partial charge in [-0.1, -0.05) is 76.6 Å². The zero-order valence-corrected chi connectivity index (χ0v) is 22.3. The van der Waals surface area contributed by atoms with Gasteiger partial charge >= 0.3 is 0 Å². The first-order valence-electron chi connectivity index (χ1n) is 12.3. The molecular weight excluding hydrogens is 448 g/mol. The lowest BCUT2D eigenvalue weighted by Gasteiger charge is -2.33. The van der Waals surface area contributed by atoms with Crippen LogP contribution in [0.2, 0.25) is 0 Å². The molecule has 0 aliphatic carbocycles. The molecule has 36 heavy (non-hydrogen) atoms. The van der Waals surface area contributed by atoms with E-state index >= 15 is 0 Å². The minimum Gasteiger partial charge on any atom is -0.489 e. The molecule has 0 fully saturated rings. The number of benzene rings is 3. The Morgan fingerprint density at radius 3 is 2.03 bits per heavy atom. The van der Waals surface area contributed by atoms with Crippen molar-refractivity contribution in [2.24, 2.45) is 10.5 Å². The number of carbonyl (C=O) groups is 1. The average molecular weight is 487 g/mol. The summed E-state index contributed by atoms with van der Waals surface area (Å²) in [6.07, 6.45) is 2.66. The van der Waals surface area contributed by atoms with Crippen molar-refractivity contribution in [1.82, 2.24) is 5.43 Å². The van der Waals surface area contributed by atoms with Gasteiger partial charge in [-0.05, 0) is 77.3 Å². The molecule has 1 N–H and O–H groups in total. The summed E-state index contributed by atoms with van der Waals surface area (Å²) in [6, 6.07) is 23.8. The van der Waals surface area contributed by atoms with Gasteiger partial charge < -0.3 is 9.47 Å². The molecule has 0 radical (unpaired) electrons. The predicted molar refractivity (Wildman–Crippen MR) is 147 cm³/mol. The van der Waals surface area contributed by atoms with Crippen molar-refractivity contribution >= 4 is 12.1 Å². The first-order valence-corrected chi connectivity index (χ1v) is 12.3. The number of ether oxygens (including phenoxy) is 2. The first kappa shape index (κ1) is 27.0. The van der Waals surface area contributed by atoms with Crippen LogP contribution in [0, 0.1) is 12.3 Å². The van der Waals surface area contributed by atoms with Gasteiger partial charge in [0.25, 0.3) is 5.91 Å². The van der Waals surface area contributed by atoms with Gasteiger partial charge in [-0.25, -0.2) is 5.43 Å². The molecule has 5 nitrogen and oxygen atoms in total. The number of aryl methyl sites for hydroxylation is 1. The monoisotopic (exact) mass is 486 g/mol. The van der Waals surface area contributed by atoms with Crippen LogP contribution in [0.25, 0.3) is 0 Å². The van der Waals surface area contributed by atoms with E-state index in [2.05, 4.69) is 88.5 Å². The van der Waals surface area contributed by atoms with Crippen molar-refractivity contribution in [2.75, 3.05) is 6.61 Å². The van der Waals surface area contributed by atoms with E-state index in [0.29, 0.717) is 12.4 Å². The zero-order valence-electron chi connectivity index (χ0n) is 22.3. The molecule has 0 saturated heterocycles. The molecular formula is C31H38N2O3. The van der Waals surface area contributed by atoms with Crippen LogP contribution in [0.5, 0.6) is 11.5 Å². The van der Waals surface area contributed by atoms with Crippen molar-refractivity contribution in [3.05, 3.63) is 95.1 Å². The standard InChI is InChI=1S/C31H38N2O3/c1-23-7-9-25(10-8-23)20-35-27-15-11-24(12-16-27)19-32-33-29(34)21-36-28-17-13-26(14-18-28)31(5,6)22-30(2,3)4/h7-19H,20-22H2,1-6H3,(H,33,34)/b32-19+. The first-order chi connectivity index (χ1) is 17.0. The van der Waals surface area contributed by atoms with Crippen LogP contribution in [-0.4, -0.2) is 18.7 Å². The van der Waals surface area contributed by atoms with E-state index in [9.17, 15) is 4.79 Å². The molecule has 0 aliphatic heterocycles. The number of nitrogens with zero attached hydrogens (tertiary/aromatic N) is 1. The van der Waals surface area contributed by atoms with Crippen molar-refractivity contribution in [3.63, 3.8) is 0 Å². The highest BCUT2D eigenvalue weighted by atomic mass is 16.5. The summed E-state index contributed by atoms with van der Waals surface area (Å²) >= 11 is 0. The Kier molecular flexibility index (Phi) is 8.92. The molecule has 1 amide bonds. The van der Waals surface area contributed by atoms with Gasteiger partial charge in [-0.2, -0.15) is 5.10 Å². The Hall–Kier alpha value is -3.60. The number of hydrazone groups is 1. The third-order valence-electron chi connectivity index (χ3n) is 5.79. The maximum Gasteiger partial charge on any atom is 0.277 e. The highest BCUT2D eigenvalue weighted by molar-refractivity contribution is 5.83. The van der Waals surface area contributed by atoms with E-state index < -0.39 is 0 Å². The van der Waals surface area contributed by atoms with Crippen molar-refractivity contribution in [1.29, 1.82) is 0 Å². The van der Waals surface area contributed by atoms with Crippen LogP contribution in [0.1, 0.15) is 63.3 Å². The smallest absolute Gasteiger partial charge is 0.277 e.